The van der Waals surface area contributed by atoms with Crippen LogP contribution < -0.4 is 10.1 Å². The molecule has 0 unspecified atom stereocenters. The van der Waals surface area contributed by atoms with E-state index in [-0.39, 0.29) is 11.9 Å². The van der Waals surface area contributed by atoms with E-state index in [0.717, 1.165) is 43.2 Å². The molecule has 0 fully saturated rings. The highest BCUT2D eigenvalue weighted by Crippen LogP contribution is 2.23. The molecule has 174 valence electrons. The predicted molar refractivity (Wildman–Crippen MR) is 132 cm³/mol. The van der Waals surface area contributed by atoms with Gasteiger partial charge in [0.1, 0.15) is 5.75 Å². The molecule has 0 radical (unpaired) electrons. The van der Waals surface area contributed by atoms with Gasteiger partial charge in [0.25, 0.3) is 0 Å². The number of carbonyl (C=O) groups is 2. The summed E-state index contributed by atoms with van der Waals surface area (Å²) in [5, 5.41) is 11.7. The fourth-order valence-corrected chi connectivity index (χ4v) is 3.44. The van der Waals surface area contributed by atoms with E-state index in [2.05, 4.69) is 18.0 Å². The number of ether oxygens (including phenoxy) is 1. The van der Waals surface area contributed by atoms with Crippen molar-refractivity contribution in [3.8, 4) is 22.9 Å². The summed E-state index contributed by atoms with van der Waals surface area (Å²) in [6.07, 6.45) is 9.07. The molecular weight excluding hydrogens is 412 g/mol. The van der Waals surface area contributed by atoms with E-state index in [1.165, 1.54) is 19.3 Å². The van der Waals surface area contributed by atoms with Gasteiger partial charge in [-0.1, -0.05) is 69.4 Å². The SMILES string of the molecule is C=C(C)C(=O)NCCCCCCCCCCC(=O)Oc1ccc(-c2ccc(C#N)cc2)cc1. The van der Waals surface area contributed by atoms with Crippen LogP contribution in [0.2, 0.25) is 0 Å². The van der Waals surface area contributed by atoms with E-state index in [1.54, 1.807) is 31.2 Å². The lowest BCUT2D eigenvalue weighted by atomic mass is 10.0. The highest BCUT2D eigenvalue weighted by Gasteiger charge is 2.06. The molecule has 1 N–H and O–H groups in total. The Morgan fingerprint density at radius 2 is 1.36 bits per heavy atom. The van der Waals surface area contributed by atoms with Crippen molar-refractivity contribution in [1.29, 1.82) is 5.26 Å². The summed E-state index contributed by atoms with van der Waals surface area (Å²) < 4.78 is 5.44. The van der Waals surface area contributed by atoms with Gasteiger partial charge >= 0.3 is 5.97 Å². The molecule has 2 rings (SSSR count). The number of nitriles is 1. The minimum atomic E-state index is -0.196. The first kappa shape index (κ1) is 25.9. The van der Waals surface area contributed by atoms with Crippen LogP contribution in [0.1, 0.15) is 70.3 Å². The van der Waals surface area contributed by atoms with E-state index in [1.807, 2.05) is 24.3 Å². The van der Waals surface area contributed by atoms with Gasteiger partial charge in [-0.05, 0) is 55.2 Å². The Labute approximate surface area is 197 Å². The van der Waals surface area contributed by atoms with E-state index in [0.29, 0.717) is 29.9 Å². The second-order valence-electron chi connectivity index (χ2n) is 8.30. The molecule has 0 aliphatic carbocycles. The standard InChI is InChI=1S/C28H34N2O3/c1-22(2)28(32)30-20-10-8-6-4-3-5-7-9-11-27(31)33-26-18-16-25(17-19-26)24-14-12-23(21-29)13-15-24/h12-19H,1,3-11,20H2,2H3,(H,30,32). The van der Waals surface area contributed by atoms with Crippen LogP contribution >= 0.6 is 0 Å². The van der Waals surface area contributed by atoms with E-state index in [9.17, 15) is 9.59 Å². The zero-order valence-corrected chi connectivity index (χ0v) is 19.6. The van der Waals surface area contributed by atoms with Crippen LogP contribution in [-0.2, 0) is 9.59 Å². The zero-order valence-electron chi connectivity index (χ0n) is 19.6. The smallest absolute Gasteiger partial charge is 0.311 e. The van der Waals surface area contributed by atoms with Crippen molar-refractivity contribution in [2.45, 2.75) is 64.7 Å². The lowest BCUT2D eigenvalue weighted by molar-refractivity contribution is -0.134. The van der Waals surface area contributed by atoms with Crippen LogP contribution in [0.4, 0.5) is 0 Å². The van der Waals surface area contributed by atoms with Gasteiger partial charge < -0.3 is 10.1 Å². The van der Waals surface area contributed by atoms with Crippen LogP contribution in [0.5, 0.6) is 5.75 Å². The van der Waals surface area contributed by atoms with Gasteiger partial charge in [-0.15, -0.1) is 0 Å². The lowest BCUT2D eigenvalue weighted by Crippen LogP contribution is -2.24. The number of hydrogen-bond acceptors (Lipinski definition) is 4. The second-order valence-corrected chi connectivity index (χ2v) is 8.30. The van der Waals surface area contributed by atoms with Crippen molar-refractivity contribution in [2.24, 2.45) is 0 Å². The van der Waals surface area contributed by atoms with E-state index >= 15 is 0 Å². The molecule has 0 heterocycles. The molecule has 2 aromatic rings. The molecule has 0 aliphatic heterocycles. The molecule has 0 saturated heterocycles. The maximum absolute atomic E-state index is 12.1. The topological polar surface area (TPSA) is 79.2 Å². The fourth-order valence-electron chi connectivity index (χ4n) is 3.44. The summed E-state index contributed by atoms with van der Waals surface area (Å²) in [4.78, 5) is 23.4. The predicted octanol–water partition coefficient (Wildman–Crippen LogP) is 6.33. The number of amides is 1. The highest BCUT2D eigenvalue weighted by molar-refractivity contribution is 5.92. The summed E-state index contributed by atoms with van der Waals surface area (Å²) in [6, 6.07) is 16.9. The number of esters is 1. The Bertz CT molecular complexity index is 941. The summed E-state index contributed by atoms with van der Waals surface area (Å²) in [6.45, 7) is 6.05. The maximum atomic E-state index is 12.1. The van der Waals surface area contributed by atoms with Gasteiger partial charge in [0.15, 0.2) is 0 Å². The number of benzene rings is 2. The summed E-state index contributed by atoms with van der Waals surface area (Å²) >= 11 is 0. The summed E-state index contributed by atoms with van der Waals surface area (Å²) in [7, 11) is 0. The molecule has 0 aromatic heterocycles. The molecule has 5 nitrogen and oxygen atoms in total. The Balaban J connectivity index is 1.52. The normalized spacial score (nSPS) is 10.3. The molecular formula is C28H34N2O3. The lowest BCUT2D eigenvalue weighted by Gasteiger charge is -2.07. The molecule has 2 aromatic carbocycles. The Kier molecular flexibility index (Phi) is 11.5. The number of unbranched alkanes of at least 4 members (excludes halogenated alkanes) is 7. The van der Waals surface area contributed by atoms with Crippen molar-refractivity contribution >= 4 is 11.9 Å². The van der Waals surface area contributed by atoms with E-state index < -0.39 is 0 Å². The van der Waals surface area contributed by atoms with Gasteiger partial charge in [0.05, 0.1) is 11.6 Å². The third-order valence-electron chi connectivity index (χ3n) is 5.41. The molecule has 5 heteroatoms. The number of carbonyl (C=O) groups excluding carboxylic acids is 2. The van der Waals surface area contributed by atoms with Crippen LogP contribution in [-0.4, -0.2) is 18.4 Å². The Morgan fingerprint density at radius 1 is 0.848 bits per heavy atom. The number of nitrogens with zero attached hydrogens (tertiary/aromatic N) is 1. The van der Waals surface area contributed by atoms with Gasteiger partial charge in [0.2, 0.25) is 5.91 Å². The first-order valence-electron chi connectivity index (χ1n) is 11.7. The third kappa shape index (κ3) is 10.2. The number of hydrogen-bond donors (Lipinski definition) is 1. The minimum absolute atomic E-state index is 0.0614. The molecule has 1 amide bonds. The molecule has 33 heavy (non-hydrogen) atoms. The molecule has 0 saturated carbocycles. The molecule has 0 atom stereocenters. The van der Waals surface area contributed by atoms with Gasteiger partial charge in [-0.25, -0.2) is 0 Å². The maximum Gasteiger partial charge on any atom is 0.311 e. The quantitative estimate of drug-likeness (QED) is 0.159. The second kappa shape index (κ2) is 14.6. The largest absolute Gasteiger partial charge is 0.427 e. The summed E-state index contributed by atoms with van der Waals surface area (Å²) in [5.74, 6) is 0.295. The number of nitrogens with one attached hydrogen (secondary N) is 1. The van der Waals surface area contributed by atoms with Crippen LogP contribution in [0, 0.1) is 11.3 Å². The van der Waals surface area contributed by atoms with Crippen LogP contribution in [0.3, 0.4) is 0 Å². The molecule has 0 spiro atoms. The highest BCUT2D eigenvalue weighted by atomic mass is 16.5. The van der Waals surface area contributed by atoms with Crippen molar-refractivity contribution < 1.29 is 14.3 Å². The average Bonchev–Trinajstić information content (AvgIpc) is 2.82. The van der Waals surface area contributed by atoms with Crippen molar-refractivity contribution in [3.63, 3.8) is 0 Å². The van der Waals surface area contributed by atoms with Gasteiger partial charge in [-0.3, -0.25) is 9.59 Å². The van der Waals surface area contributed by atoms with Gasteiger partial charge in [0, 0.05) is 18.5 Å². The van der Waals surface area contributed by atoms with E-state index in [4.69, 9.17) is 10.00 Å². The first-order chi connectivity index (χ1) is 16.0. The van der Waals surface area contributed by atoms with Gasteiger partial charge in [-0.2, -0.15) is 5.26 Å². The minimum Gasteiger partial charge on any atom is -0.427 e. The average molecular weight is 447 g/mol. The fraction of sp³-hybridized carbons (Fsp3) is 0.393. The molecule has 0 bridgehead atoms. The Morgan fingerprint density at radius 3 is 1.91 bits per heavy atom. The third-order valence-corrected chi connectivity index (χ3v) is 5.41. The van der Waals surface area contributed by atoms with Crippen molar-refractivity contribution in [3.05, 3.63) is 66.2 Å². The zero-order chi connectivity index (χ0) is 23.9. The molecule has 0 aliphatic rings. The monoisotopic (exact) mass is 446 g/mol. The Hall–Kier alpha value is -3.39. The van der Waals surface area contributed by atoms with Crippen molar-refractivity contribution in [1.82, 2.24) is 5.32 Å². The van der Waals surface area contributed by atoms with Crippen LogP contribution in [0.15, 0.2) is 60.7 Å². The first-order valence-corrected chi connectivity index (χ1v) is 11.7. The van der Waals surface area contributed by atoms with Crippen LogP contribution in [0.25, 0.3) is 11.1 Å². The summed E-state index contributed by atoms with van der Waals surface area (Å²) in [5.41, 5.74) is 3.21. The number of rotatable bonds is 14. The van der Waals surface area contributed by atoms with Crippen molar-refractivity contribution in [2.75, 3.05) is 6.54 Å².